The first-order valence-electron chi connectivity index (χ1n) is 9.81. The molecule has 2 heterocycles. The molecule has 0 aliphatic heterocycles. The largest absolute Gasteiger partial charge is 0.489 e. The highest BCUT2D eigenvalue weighted by Gasteiger charge is 2.14. The van der Waals surface area contributed by atoms with E-state index in [0.717, 1.165) is 27.1 Å². The second-order valence-corrected chi connectivity index (χ2v) is 8.58. The number of aryl methyl sites for hydroxylation is 3. The van der Waals surface area contributed by atoms with Gasteiger partial charge in [-0.1, -0.05) is 22.8 Å². The van der Waals surface area contributed by atoms with Crippen molar-refractivity contribution in [1.82, 2.24) is 14.7 Å². The van der Waals surface area contributed by atoms with Gasteiger partial charge in [0.05, 0.1) is 16.9 Å². The maximum Gasteiger partial charge on any atom is 0.255 e. The molecule has 0 saturated heterocycles. The normalized spacial score (nSPS) is 10.9. The van der Waals surface area contributed by atoms with E-state index in [9.17, 15) is 4.79 Å². The zero-order valence-corrected chi connectivity index (χ0v) is 19.3. The minimum atomic E-state index is -0.267. The summed E-state index contributed by atoms with van der Waals surface area (Å²) in [6.07, 6.45) is 3.59. The third-order valence-corrected chi connectivity index (χ3v) is 6.22. The molecule has 9 heteroatoms. The van der Waals surface area contributed by atoms with E-state index in [1.807, 2.05) is 37.7 Å². The molecule has 2 aromatic carbocycles. The van der Waals surface area contributed by atoms with Crippen molar-refractivity contribution in [3.8, 4) is 5.75 Å². The summed E-state index contributed by atoms with van der Waals surface area (Å²) in [6.45, 7) is 4.02. The Morgan fingerprint density at radius 3 is 2.81 bits per heavy atom. The Morgan fingerprint density at radius 2 is 2.09 bits per heavy atom. The molecule has 164 valence electrons. The number of hydrogen-bond donors (Lipinski definition) is 1. The number of hydrogen-bond acceptors (Lipinski definition) is 6. The van der Waals surface area contributed by atoms with Crippen LogP contribution in [0.4, 0.5) is 5.69 Å². The number of nitrogens with zero attached hydrogens (tertiary/aromatic N) is 3. The number of aromatic nitrogens is 3. The number of benzene rings is 2. The highest BCUT2D eigenvalue weighted by molar-refractivity contribution is 7.99. The second kappa shape index (κ2) is 9.50. The smallest absolute Gasteiger partial charge is 0.255 e. The van der Waals surface area contributed by atoms with E-state index in [-0.39, 0.29) is 5.91 Å². The van der Waals surface area contributed by atoms with Gasteiger partial charge in [0.2, 0.25) is 0 Å². The van der Waals surface area contributed by atoms with Crippen LogP contribution < -0.4 is 10.1 Å². The Balaban J connectivity index is 1.50. The maximum absolute atomic E-state index is 13.0. The number of nitrogens with one attached hydrogen (secondary N) is 1. The zero-order chi connectivity index (χ0) is 22.7. The number of carbonyl (C=O) groups excluding carboxylic acids is 1. The van der Waals surface area contributed by atoms with Crippen molar-refractivity contribution >= 4 is 35.0 Å². The van der Waals surface area contributed by atoms with Gasteiger partial charge in [-0.2, -0.15) is 0 Å². The summed E-state index contributed by atoms with van der Waals surface area (Å²) < 4.78 is 12.9. The Bertz CT molecular complexity index is 1250. The molecular weight excluding hydrogens is 448 g/mol. The molecule has 0 atom stereocenters. The summed E-state index contributed by atoms with van der Waals surface area (Å²) in [6, 6.07) is 12.4. The standard InChI is InChI=1S/C23H21ClN4O3S/c1-14-19(15(2)31-27-14)13-30-18-6-4-5-16(11-18)22(29)26-20-12-17(24)7-8-21(20)32-23-25-9-10-28(23)3/h4-12H,13H2,1-3H3,(H,26,29). The Labute approximate surface area is 194 Å². The van der Waals surface area contributed by atoms with Crippen LogP contribution in [0.5, 0.6) is 5.75 Å². The molecule has 0 aliphatic carbocycles. The van der Waals surface area contributed by atoms with Crippen LogP contribution in [0.2, 0.25) is 5.02 Å². The van der Waals surface area contributed by atoms with Crippen molar-refractivity contribution in [2.75, 3.05) is 5.32 Å². The zero-order valence-electron chi connectivity index (χ0n) is 17.8. The lowest BCUT2D eigenvalue weighted by Crippen LogP contribution is -2.13. The van der Waals surface area contributed by atoms with Gasteiger partial charge in [0.1, 0.15) is 18.1 Å². The van der Waals surface area contributed by atoms with E-state index in [0.29, 0.717) is 28.6 Å². The second-order valence-electron chi connectivity index (χ2n) is 7.14. The predicted molar refractivity (Wildman–Crippen MR) is 123 cm³/mol. The monoisotopic (exact) mass is 468 g/mol. The highest BCUT2D eigenvalue weighted by atomic mass is 35.5. The molecule has 0 radical (unpaired) electrons. The molecule has 0 bridgehead atoms. The lowest BCUT2D eigenvalue weighted by atomic mass is 10.2. The Morgan fingerprint density at radius 1 is 1.25 bits per heavy atom. The quantitative estimate of drug-likeness (QED) is 0.377. The number of amides is 1. The van der Waals surface area contributed by atoms with Gasteiger partial charge in [0, 0.05) is 34.9 Å². The third-order valence-electron chi connectivity index (χ3n) is 4.83. The van der Waals surface area contributed by atoms with E-state index in [4.69, 9.17) is 20.9 Å². The summed E-state index contributed by atoms with van der Waals surface area (Å²) in [7, 11) is 1.91. The van der Waals surface area contributed by atoms with Crippen molar-refractivity contribution < 1.29 is 14.1 Å². The van der Waals surface area contributed by atoms with Gasteiger partial charge in [-0.25, -0.2) is 4.98 Å². The van der Waals surface area contributed by atoms with Crippen LogP contribution in [-0.2, 0) is 13.7 Å². The molecule has 1 amide bonds. The fourth-order valence-corrected chi connectivity index (χ4v) is 4.07. The number of rotatable bonds is 7. The number of imidazole rings is 1. The summed E-state index contributed by atoms with van der Waals surface area (Å²) in [5.41, 5.74) is 2.76. The van der Waals surface area contributed by atoms with Crippen molar-refractivity contribution in [3.05, 3.63) is 82.5 Å². The molecule has 1 N–H and O–H groups in total. The fraction of sp³-hybridized carbons (Fsp3) is 0.174. The van der Waals surface area contributed by atoms with Crippen molar-refractivity contribution in [2.45, 2.75) is 30.5 Å². The maximum atomic E-state index is 13.0. The molecule has 0 saturated carbocycles. The van der Waals surface area contributed by atoms with E-state index >= 15 is 0 Å². The van der Waals surface area contributed by atoms with Crippen molar-refractivity contribution in [1.29, 1.82) is 0 Å². The minimum Gasteiger partial charge on any atom is -0.489 e. The molecule has 4 rings (SSSR count). The molecule has 32 heavy (non-hydrogen) atoms. The van der Waals surface area contributed by atoms with Crippen molar-refractivity contribution in [2.24, 2.45) is 7.05 Å². The Kier molecular flexibility index (Phi) is 6.53. The Hall–Kier alpha value is -3.23. The van der Waals surface area contributed by atoms with Gasteiger partial charge in [-0.3, -0.25) is 4.79 Å². The number of ether oxygens (including phenoxy) is 1. The average molecular weight is 469 g/mol. The van der Waals surface area contributed by atoms with E-state index in [1.165, 1.54) is 11.8 Å². The average Bonchev–Trinajstić information content (AvgIpc) is 3.33. The molecule has 0 fully saturated rings. The number of carbonyl (C=O) groups is 1. The van der Waals surface area contributed by atoms with Crippen molar-refractivity contribution in [3.63, 3.8) is 0 Å². The van der Waals surface area contributed by atoms with Crippen LogP contribution in [0.25, 0.3) is 0 Å². The molecule has 2 aromatic heterocycles. The molecular formula is C23H21ClN4O3S. The van der Waals surface area contributed by atoms with Crippen LogP contribution in [0.3, 0.4) is 0 Å². The molecule has 0 unspecified atom stereocenters. The van der Waals surface area contributed by atoms with Gasteiger partial charge in [-0.15, -0.1) is 0 Å². The number of anilines is 1. The lowest BCUT2D eigenvalue weighted by Gasteiger charge is -2.12. The van der Waals surface area contributed by atoms with Crippen LogP contribution in [0.1, 0.15) is 27.4 Å². The molecule has 0 spiro atoms. The molecule has 4 aromatic rings. The fourth-order valence-electron chi connectivity index (χ4n) is 3.02. The first-order valence-corrected chi connectivity index (χ1v) is 11.0. The topological polar surface area (TPSA) is 82.2 Å². The van der Waals surface area contributed by atoms with Gasteiger partial charge >= 0.3 is 0 Å². The van der Waals surface area contributed by atoms with E-state index < -0.39 is 0 Å². The number of halogens is 1. The third kappa shape index (κ3) is 4.98. The summed E-state index contributed by atoms with van der Waals surface area (Å²) in [5.74, 6) is 1.03. The van der Waals surface area contributed by atoms with Gasteiger partial charge in [0.25, 0.3) is 5.91 Å². The summed E-state index contributed by atoms with van der Waals surface area (Å²) in [4.78, 5) is 18.1. The first kappa shape index (κ1) is 22.0. The van der Waals surface area contributed by atoms with E-state index in [1.54, 1.807) is 42.6 Å². The van der Waals surface area contributed by atoms with Crippen LogP contribution in [0, 0.1) is 13.8 Å². The van der Waals surface area contributed by atoms with Gasteiger partial charge < -0.3 is 19.1 Å². The summed E-state index contributed by atoms with van der Waals surface area (Å²) >= 11 is 7.63. The minimum absolute atomic E-state index is 0.267. The van der Waals surface area contributed by atoms with E-state index in [2.05, 4.69) is 15.5 Å². The van der Waals surface area contributed by atoms with Crippen LogP contribution >= 0.6 is 23.4 Å². The predicted octanol–water partition coefficient (Wildman–Crippen LogP) is 5.66. The van der Waals surface area contributed by atoms with Crippen LogP contribution in [0.15, 0.2) is 69.4 Å². The molecule has 0 aliphatic rings. The molecule has 7 nitrogen and oxygen atoms in total. The SMILES string of the molecule is Cc1noc(C)c1COc1cccc(C(=O)Nc2cc(Cl)ccc2Sc2nccn2C)c1. The lowest BCUT2D eigenvalue weighted by molar-refractivity contribution is 0.102. The van der Waals surface area contributed by atoms with Gasteiger partial charge in [0.15, 0.2) is 5.16 Å². The highest BCUT2D eigenvalue weighted by Crippen LogP contribution is 2.34. The summed E-state index contributed by atoms with van der Waals surface area (Å²) in [5, 5.41) is 8.22. The van der Waals surface area contributed by atoms with Gasteiger partial charge in [-0.05, 0) is 62.0 Å². The van der Waals surface area contributed by atoms with Crippen LogP contribution in [-0.4, -0.2) is 20.6 Å². The first-order chi connectivity index (χ1) is 15.4.